The van der Waals surface area contributed by atoms with Gasteiger partial charge in [-0.15, -0.1) is 0 Å². The Kier molecular flexibility index (Phi) is 24.8. The number of aliphatic hydroxyl groups excluding tert-OH is 10. The van der Waals surface area contributed by atoms with E-state index in [4.69, 9.17) is 0 Å². The van der Waals surface area contributed by atoms with Crippen LogP contribution in [0.2, 0.25) is 0 Å². The van der Waals surface area contributed by atoms with Gasteiger partial charge in [0.15, 0.2) is 0 Å². The average Bonchev–Trinajstić information content (AvgIpc) is 3.24. The number of amides is 6. The van der Waals surface area contributed by atoms with Crippen LogP contribution in [-0.4, -0.2) is 190 Å². The first-order valence-corrected chi connectivity index (χ1v) is 23.1. The molecule has 26 heteroatoms. The van der Waals surface area contributed by atoms with Crippen molar-refractivity contribution < 1.29 is 79.8 Å². The summed E-state index contributed by atoms with van der Waals surface area (Å²) in [6.07, 6.45) is -8.25. The molecule has 0 heterocycles. The summed E-state index contributed by atoms with van der Waals surface area (Å²) in [5.41, 5.74) is -0.178. The Morgan fingerprint density at radius 3 is 1.08 bits per heavy atom. The van der Waals surface area contributed by atoms with Gasteiger partial charge in [0.05, 0.1) is 120 Å². The largest absolute Gasteiger partial charge is 0.394 e. The highest BCUT2D eigenvalue weighted by atomic mass is 127. The van der Waals surface area contributed by atoms with Crippen LogP contribution in [0.4, 0.5) is 11.4 Å². The van der Waals surface area contributed by atoms with Crippen LogP contribution in [0.15, 0.2) is 0 Å². The quantitative estimate of drug-likeness (QED) is 0.0326. The molecule has 63 heavy (non-hydrogen) atoms. The maximum atomic E-state index is 13.5. The minimum Gasteiger partial charge on any atom is -0.394 e. The van der Waals surface area contributed by atoms with Crippen molar-refractivity contribution in [2.75, 3.05) is 75.5 Å². The van der Waals surface area contributed by atoms with Gasteiger partial charge in [-0.1, -0.05) is 0 Å². The fraction of sp³-hybridized carbons (Fsp3) is 0.514. The highest BCUT2D eigenvalue weighted by molar-refractivity contribution is 14.1. The number of rotatable bonds is 26. The maximum Gasteiger partial charge on any atom is 0.253 e. The number of carbonyl (C=O) groups excluding carboxylic acids is 6. The van der Waals surface area contributed by atoms with Crippen molar-refractivity contribution in [3.63, 3.8) is 0 Å². The van der Waals surface area contributed by atoms with Gasteiger partial charge in [0.2, 0.25) is 12.8 Å². The predicted octanol–water partition coefficient (Wildman–Crippen LogP) is -3.21. The Morgan fingerprint density at radius 2 is 0.762 bits per heavy atom. The molecule has 14 N–H and O–H groups in total. The minimum atomic E-state index is -1.55. The van der Waals surface area contributed by atoms with Gasteiger partial charge < -0.3 is 82.1 Å². The molecule has 0 aliphatic rings. The predicted molar refractivity (Wildman–Crippen MR) is 258 cm³/mol. The lowest BCUT2D eigenvalue weighted by atomic mass is 9.98. The lowest BCUT2D eigenvalue weighted by Gasteiger charge is -2.30. The molecule has 0 radical (unpaired) electrons. The molecule has 0 aliphatic heterocycles. The van der Waals surface area contributed by atoms with E-state index < -0.39 is 106 Å². The fourth-order valence-electron chi connectivity index (χ4n) is 5.92. The Labute approximate surface area is 415 Å². The monoisotopic (exact) mass is 1340 g/mol. The van der Waals surface area contributed by atoms with Crippen LogP contribution in [-0.2, 0) is 9.59 Å². The number of carbonyl (C=O) groups is 6. The normalized spacial score (nSPS) is 14.1. The number of hydrogen-bond acceptors (Lipinski definition) is 16. The van der Waals surface area contributed by atoms with Gasteiger partial charge in [-0.3, -0.25) is 28.8 Å². The molecule has 6 amide bonds. The van der Waals surface area contributed by atoms with Crippen LogP contribution in [0, 0.1) is 28.1 Å². The van der Waals surface area contributed by atoms with Gasteiger partial charge in [-0.25, -0.2) is 0 Å². The van der Waals surface area contributed by atoms with E-state index in [0.717, 1.165) is 9.80 Å². The molecule has 2 aromatic carbocycles. The van der Waals surface area contributed by atoms with E-state index in [1.165, 1.54) is 13.8 Å². The van der Waals surface area contributed by atoms with E-state index in [1.54, 1.807) is 90.4 Å². The molecule has 2 aromatic rings. The molecule has 0 saturated heterocycles. The second-order valence-corrected chi connectivity index (χ2v) is 18.3. The zero-order valence-electron chi connectivity index (χ0n) is 33.7. The number of nitrogens with zero attached hydrogens (tertiary/aromatic N) is 2. The molecule has 0 aliphatic carbocycles. The molecular weight excluding hydrogens is 1290 g/mol. The Bertz CT molecular complexity index is 1720. The lowest BCUT2D eigenvalue weighted by Crippen LogP contribution is -2.40. The Balaban J connectivity index is 2.59. The molecule has 6 atom stereocenters. The second kappa shape index (κ2) is 27.4. The molecule has 6 unspecified atom stereocenters. The smallest absolute Gasteiger partial charge is 0.253 e. The van der Waals surface area contributed by atoms with Crippen LogP contribution >= 0.6 is 90.4 Å². The molecule has 2 rings (SSSR count). The van der Waals surface area contributed by atoms with Crippen LogP contribution in [0.3, 0.4) is 0 Å². The number of nitrogens with one attached hydrogen (secondary N) is 4. The summed E-state index contributed by atoms with van der Waals surface area (Å²) >= 11 is 7.05. The third kappa shape index (κ3) is 15.4. The summed E-state index contributed by atoms with van der Waals surface area (Å²) in [6, 6.07) is 0. The zero-order chi connectivity index (χ0) is 47.9. The van der Waals surface area contributed by atoms with Crippen molar-refractivity contribution in [3.8, 4) is 0 Å². The highest BCUT2D eigenvalue weighted by Gasteiger charge is 2.33. The topological polar surface area (TPSA) is 359 Å². The molecule has 0 fully saturated rings. The van der Waals surface area contributed by atoms with Gasteiger partial charge in [0.1, 0.15) is 0 Å². The first-order chi connectivity index (χ1) is 29.6. The third-order valence-electron chi connectivity index (χ3n) is 9.13. The summed E-state index contributed by atoms with van der Waals surface area (Å²) in [5.74, 6) is -3.19. The Hall–Kier alpha value is -2.22. The van der Waals surface area contributed by atoms with Crippen molar-refractivity contribution in [1.29, 1.82) is 0 Å². The minimum absolute atomic E-state index is 0.00632. The zero-order valence-corrected chi connectivity index (χ0v) is 42.4. The van der Waals surface area contributed by atoms with Crippen LogP contribution < -0.4 is 31.1 Å². The summed E-state index contributed by atoms with van der Waals surface area (Å²) in [6.45, 7) is -2.37. The molecule has 352 valence electrons. The standard InChI is InChI=1S/C37H50I4N6O16/c1-16-24(34(60)42-4-20(56)10-48)29(39)33(30(40)25(16)35(61)43-5-21(57)11-49)47(15-53)9-19(55)3-18(54)8-46(14-52)32-17(2)26(36(62)44-6-22(58)12-50)28(38)27(31(32)41)37(63)45-7-23(59)13-51/h14-15,18-23,48-51,54-59H,3-13H2,1-2H3,(H,42,60)(H,43,61)(H,44,62)(H,45,63). The maximum absolute atomic E-state index is 13.5. The number of hydrogen-bond donors (Lipinski definition) is 14. The molecule has 0 saturated carbocycles. The molecule has 22 nitrogen and oxygen atoms in total. The van der Waals surface area contributed by atoms with Gasteiger partial charge in [0, 0.05) is 36.2 Å². The number of benzene rings is 2. The third-order valence-corrected chi connectivity index (χ3v) is 13.4. The van der Waals surface area contributed by atoms with Crippen molar-refractivity contribution in [3.05, 3.63) is 47.7 Å². The van der Waals surface area contributed by atoms with Crippen LogP contribution in [0.5, 0.6) is 0 Å². The van der Waals surface area contributed by atoms with E-state index in [9.17, 15) is 79.8 Å². The number of aliphatic hydroxyl groups is 10. The fourth-order valence-corrected chi connectivity index (χ4v) is 11.8. The van der Waals surface area contributed by atoms with Crippen LogP contribution in [0.25, 0.3) is 0 Å². The van der Waals surface area contributed by atoms with Crippen molar-refractivity contribution in [2.45, 2.75) is 56.9 Å². The van der Waals surface area contributed by atoms with Crippen molar-refractivity contribution >= 4 is 138 Å². The summed E-state index contributed by atoms with van der Waals surface area (Å²) in [5, 5.41) is 109. The van der Waals surface area contributed by atoms with E-state index >= 15 is 0 Å². The first kappa shape index (κ1) is 56.9. The summed E-state index contributed by atoms with van der Waals surface area (Å²) < 4.78 is 0.492. The number of anilines is 2. The van der Waals surface area contributed by atoms with Gasteiger partial charge in [-0.2, -0.15) is 0 Å². The highest BCUT2D eigenvalue weighted by Crippen LogP contribution is 2.38. The van der Waals surface area contributed by atoms with Crippen molar-refractivity contribution in [1.82, 2.24) is 21.3 Å². The SMILES string of the molecule is Cc1c(C(=O)NCC(O)CO)c(I)c(N(C=O)CC(O)CC(O)CN(C=O)c2c(C)c(C(=O)NCC(O)CO)c(I)c(C(=O)NCC(O)CO)c2I)c(I)c1C(=O)NCC(O)CO. The van der Waals surface area contributed by atoms with Gasteiger partial charge >= 0.3 is 0 Å². The molecule has 0 bridgehead atoms. The van der Waals surface area contributed by atoms with Gasteiger partial charge in [-0.05, 0) is 115 Å². The summed E-state index contributed by atoms with van der Waals surface area (Å²) in [4.78, 5) is 81.4. The molecule has 0 aromatic heterocycles. The number of halogens is 4. The Morgan fingerprint density at radius 1 is 0.476 bits per heavy atom. The van der Waals surface area contributed by atoms with Crippen LogP contribution in [0.1, 0.15) is 59.0 Å². The van der Waals surface area contributed by atoms with E-state index in [1.807, 2.05) is 0 Å². The lowest BCUT2D eigenvalue weighted by molar-refractivity contribution is -0.108. The second-order valence-electron chi connectivity index (χ2n) is 13.9. The van der Waals surface area contributed by atoms with Gasteiger partial charge in [0.25, 0.3) is 23.6 Å². The van der Waals surface area contributed by atoms with E-state index in [-0.39, 0.29) is 85.2 Å². The van der Waals surface area contributed by atoms with Crippen molar-refractivity contribution in [2.24, 2.45) is 0 Å². The summed E-state index contributed by atoms with van der Waals surface area (Å²) in [7, 11) is 0. The molecule has 0 spiro atoms. The van der Waals surface area contributed by atoms with E-state index in [2.05, 4.69) is 21.3 Å². The first-order valence-electron chi connectivity index (χ1n) is 18.8. The average molecular weight is 1340 g/mol. The molecular formula is C37H50I4N6O16. The van der Waals surface area contributed by atoms with E-state index in [0.29, 0.717) is 12.8 Å².